The molecule has 2 N–H and O–H groups in total. The van der Waals surface area contributed by atoms with E-state index >= 15 is 0 Å². The number of benzene rings is 1. The average Bonchev–Trinajstić information content (AvgIpc) is 2.37. The van der Waals surface area contributed by atoms with Gasteiger partial charge in [-0.3, -0.25) is 0 Å². The maximum Gasteiger partial charge on any atom is 0.335 e. The van der Waals surface area contributed by atoms with Crippen LogP contribution in [0.2, 0.25) is 0 Å². The molecule has 0 aliphatic heterocycles. The van der Waals surface area contributed by atoms with Crippen LogP contribution in [0.5, 0.6) is 0 Å². The molecule has 0 atom stereocenters. The highest BCUT2D eigenvalue weighted by atomic mass is 16.4. The van der Waals surface area contributed by atoms with Gasteiger partial charge in [-0.15, -0.1) is 0 Å². The molecule has 0 unspecified atom stereocenters. The largest absolute Gasteiger partial charge is 0.478 e. The number of hydrogen-bond donors (Lipinski definition) is 2. The molecule has 0 bridgehead atoms. The van der Waals surface area contributed by atoms with Gasteiger partial charge in [-0.05, 0) is 55.4 Å². The first-order valence-electron chi connectivity index (χ1n) is 7.14. The van der Waals surface area contributed by atoms with E-state index in [2.05, 4.69) is 12.2 Å². The Balaban J connectivity index is 1.89. The van der Waals surface area contributed by atoms with Crippen LogP contribution in [0, 0.1) is 18.8 Å². The first-order valence-corrected chi connectivity index (χ1v) is 7.14. The highest BCUT2D eigenvalue weighted by Crippen LogP contribution is 2.28. The molecule has 0 saturated heterocycles. The van der Waals surface area contributed by atoms with Crippen molar-refractivity contribution < 1.29 is 9.90 Å². The van der Waals surface area contributed by atoms with Crippen LogP contribution in [0.1, 0.15) is 48.5 Å². The second-order valence-corrected chi connectivity index (χ2v) is 5.84. The summed E-state index contributed by atoms with van der Waals surface area (Å²) in [7, 11) is 0. The minimum atomic E-state index is -0.856. The summed E-state index contributed by atoms with van der Waals surface area (Å²) in [5.41, 5.74) is 2.23. The summed E-state index contributed by atoms with van der Waals surface area (Å²) in [5, 5.41) is 12.4. The van der Waals surface area contributed by atoms with E-state index in [-0.39, 0.29) is 0 Å². The predicted octanol–water partition coefficient (Wildman–Crippen LogP) is 3.93. The molecule has 0 radical (unpaired) electrons. The minimum Gasteiger partial charge on any atom is -0.478 e. The molecule has 0 heterocycles. The summed E-state index contributed by atoms with van der Waals surface area (Å²) < 4.78 is 0. The summed E-state index contributed by atoms with van der Waals surface area (Å²) in [5.74, 6) is 0.786. The fraction of sp³-hybridized carbons (Fsp3) is 0.562. The first-order chi connectivity index (χ1) is 9.06. The van der Waals surface area contributed by atoms with Gasteiger partial charge in [-0.1, -0.05) is 19.8 Å². The Hall–Kier alpha value is -1.51. The van der Waals surface area contributed by atoms with Crippen LogP contribution in [-0.4, -0.2) is 17.6 Å². The quantitative estimate of drug-likeness (QED) is 0.863. The molecule has 1 aromatic rings. The topological polar surface area (TPSA) is 49.3 Å². The zero-order valence-electron chi connectivity index (χ0n) is 11.8. The lowest BCUT2D eigenvalue weighted by atomic mass is 9.83. The molecule has 1 aliphatic rings. The van der Waals surface area contributed by atoms with Crippen LogP contribution in [0.4, 0.5) is 5.69 Å². The van der Waals surface area contributed by atoms with Crippen LogP contribution in [0.25, 0.3) is 0 Å². The molecule has 3 nitrogen and oxygen atoms in total. The number of carbonyl (C=O) groups is 1. The van der Waals surface area contributed by atoms with Crippen molar-refractivity contribution in [2.75, 3.05) is 11.9 Å². The molecule has 0 spiro atoms. The normalized spacial score (nSPS) is 23.1. The molecule has 2 rings (SSSR count). The fourth-order valence-electron chi connectivity index (χ4n) is 2.81. The van der Waals surface area contributed by atoms with E-state index in [4.69, 9.17) is 5.11 Å². The molecule has 0 aromatic heterocycles. The Morgan fingerprint density at radius 3 is 2.58 bits per heavy atom. The molecule has 19 heavy (non-hydrogen) atoms. The maximum atomic E-state index is 10.9. The Kier molecular flexibility index (Phi) is 4.46. The second kappa shape index (κ2) is 6.09. The van der Waals surface area contributed by atoms with E-state index in [1.807, 2.05) is 19.1 Å². The van der Waals surface area contributed by atoms with Gasteiger partial charge in [0.2, 0.25) is 0 Å². The molecule has 1 aromatic carbocycles. The molecule has 3 heteroatoms. The lowest BCUT2D eigenvalue weighted by Crippen LogP contribution is -2.20. The zero-order valence-corrected chi connectivity index (χ0v) is 11.8. The SMILES string of the molecule is Cc1cc(NCC2CCC(C)CC2)ccc1C(=O)O. The summed E-state index contributed by atoms with van der Waals surface area (Å²) in [4.78, 5) is 10.9. The van der Waals surface area contributed by atoms with Gasteiger partial charge in [0.05, 0.1) is 5.56 Å². The summed E-state index contributed by atoms with van der Waals surface area (Å²) in [6.45, 7) is 5.17. The van der Waals surface area contributed by atoms with E-state index in [9.17, 15) is 4.79 Å². The zero-order chi connectivity index (χ0) is 13.8. The number of aromatic carboxylic acids is 1. The lowest BCUT2D eigenvalue weighted by Gasteiger charge is -2.26. The van der Waals surface area contributed by atoms with Gasteiger partial charge in [-0.2, -0.15) is 0 Å². The number of anilines is 1. The molecule has 1 aliphatic carbocycles. The predicted molar refractivity (Wildman–Crippen MR) is 77.8 cm³/mol. The number of nitrogens with one attached hydrogen (secondary N) is 1. The van der Waals surface area contributed by atoms with Gasteiger partial charge in [0.15, 0.2) is 0 Å². The molecule has 1 fully saturated rings. The van der Waals surface area contributed by atoms with Crippen molar-refractivity contribution in [3.63, 3.8) is 0 Å². The fourth-order valence-corrected chi connectivity index (χ4v) is 2.81. The lowest BCUT2D eigenvalue weighted by molar-refractivity contribution is 0.0696. The standard InChI is InChI=1S/C16H23NO2/c1-11-3-5-13(6-4-11)10-17-14-7-8-15(16(18)19)12(2)9-14/h7-9,11,13,17H,3-6,10H2,1-2H3,(H,18,19). The minimum absolute atomic E-state index is 0.386. The van der Waals surface area contributed by atoms with Crippen molar-refractivity contribution in [3.05, 3.63) is 29.3 Å². The molecule has 1 saturated carbocycles. The Bertz CT molecular complexity index is 448. The van der Waals surface area contributed by atoms with Gasteiger partial charge >= 0.3 is 5.97 Å². The summed E-state index contributed by atoms with van der Waals surface area (Å²) >= 11 is 0. The third-order valence-corrected chi connectivity index (χ3v) is 4.19. The van der Waals surface area contributed by atoms with E-state index in [0.717, 1.165) is 29.6 Å². The third kappa shape index (κ3) is 3.72. The summed E-state index contributed by atoms with van der Waals surface area (Å²) in [6.07, 6.45) is 5.29. The average molecular weight is 261 g/mol. The van der Waals surface area contributed by atoms with Gasteiger partial charge in [0.1, 0.15) is 0 Å². The van der Waals surface area contributed by atoms with Crippen LogP contribution >= 0.6 is 0 Å². The van der Waals surface area contributed by atoms with Crippen LogP contribution < -0.4 is 5.32 Å². The van der Waals surface area contributed by atoms with Crippen LogP contribution in [-0.2, 0) is 0 Å². The smallest absolute Gasteiger partial charge is 0.335 e. The van der Waals surface area contributed by atoms with Crippen LogP contribution in [0.15, 0.2) is 18.2 Å². The van der Waals surface area contributed by atoms with Crippen molar-refractivity contribution in [3.8, 4) is 0 Å². The molecule has 0 amide bonds. The summed E-state index contributed by atoms with van der Waals surface area (Å²) in [6, 6.07) is 5.47. The Morgan fingerprint density at radius 2 is 2.00 bits per heavy atom. The highest BCUT2D eigenvalue weighted by molar-refractivity contribution is 5.89. The monoisotopic (exact) mass is 261 g/mol. The van der Waals surface area contributed by atoms with Crippen molar-refractivity contribution in [1.29, 1.82) is 0 Å². The van der Waals surface area contributed by atoms with E-state index in [0.29, 0.717) is 5.56 Å². The Morgan fingerprint density at radius 1 is 1.32 bits per heavy atom. The molecular weight excluding hydrogens is 238 g/mol. The van der Waals surface area contributed by atoms with Crippen molar-refractivity contribution in [2.45, 2.75) is 39.5 Å². The van der Waals surface area contributed by atoms with Gasteiger partial charge in [0.25, 0.3) is 0 Å². The van der Waals surface area contributed by atoms with Gasteiger partial charge < -0.3 is 10.4 Å². The van der Waals surface area contributed by atoms with Gasteiger partial charge in [0, 0.05) is 12.2 Å². The number of aryl methyl sites for hydroxylation is 1. The van der Waals surface area contributed by atoms with Crippen molar-refractivity contribution >= 4 is 11.7 Å². The first kappa shape index (κ1) is 13.9. The number of rotatable bonds is 4. The van der Waals surface area contributed by atoms with E-state index in [1.165, 1.54) is 25.7 Å². The van der Waals surface area contributed by atoms with Crippen molar-refractivity contribution in [1.82, 2.24) is 0 Å². The van der Waals surface area contributed by atoms with Crippen LogP contribution in [0.3, 0.4) is 0 Å². The Labute approximate surface area is 115 Å². The highest BCUT2D eigenvalue weighted by Gasteiger charge is 2.17. The number of hydrogen-bond acceptors (Lipinski definition) is 2. The van der Waals surface area contributed by atoms with Gasteiger partial charge in [-0.25, -0.2) is 4.79 Å². The number of carboxylic acids is 1. The maximum absolute atomic E-state index is 10.9. The molecule has 104 valence electrons. The van der Waals surface area contributed by atoms with E-state index in [1.54, 1.807) is 6.07 Å². The number of carboxylic acid groups (broad SMARTS) is 1. The third-order valence-electron chi connectivity index (χ3n) is 4.19. The van der Waals surface area contributed by atoms with Crippen molar-refractivity contribution in [2.24, 2.45) is 11.8 Å². The van der Waals surface area contributed by atoms with E-state index < -0.39 is 5.97 Å². The second-order valence-electron chi connectivity index (χ2n) is 5.84. The molecular formula is C16H23NO2.